The van der Waals surface area contributed by atoms with Crippen molar-refractivity contribution in [3.05, 3.63) is 64.2 Å². The quantitative estimate of drug-likeness (QED) is 0.845. The largest absolute Gasteiger partial charge is 0.487 e. The number of aliphatic hydroxyl groups excluding tert-OH is 1. The van der Waals surface area contributed by atoms with Crippen LogP contribution in [0.2, 0.25) is 5.02 Å². The number of benzene rings is 2. The number of hydrogen-bond donors (Lipinski definition) is 1. The predicted octanol–water partition coefficient (Wildman–Crippen LogP) is 3.27. The summed E-state index contributed by atoms with van der Waals surface area (Å²) in [5, 5.41) is 9.69. The monoisotopic (exact) mass is 373 g/mol. The number of ether oxygens (including phenoxy) is 1. The van der Waals surface area contributed by atoms with Crippen molar-refractivity contribution in [3.8, 4) is 5.75 Å². The fourth-order valence-electron chi connectivity index (χ4n) is 3.40. The standard InChI is InChI=1S/C21H24ClNO3/c1-21(13-15-3-6-18(22)7-4-15)14-17-11-16(5-8-19(17)26-21)12-20(25)23(2)9-10-24/h3-8,11,24H,9-10,12-14H2,1-2H3/t21-/m0/s1. The van der Waals surface area contributed by atoms with Gasteiger partial charge in [0.05, 0.1) is 13.0 Å². The van der Waals surface area contributed by atoms with Crippen LogP contribution in [0, 0.1) is 0 Å². The Bertz CT molecular complexity index is 790. The summed E-state index contributed by atoms with van der Waals surface area (Å²) >= 11 is 5.96. The lowest BCUT2D eigenvalue weighted by Gasteiger charge is -2.24. The average molecular weight is 374 g/mol. The van der Waals surface area contributed by atoms with Crippen molar-refractivity contribution in [2.45, 2.75) is 31.8 Å². The summed E-state index contributed by atoms with van der Waals surface area (Å²) in [6, 6.07) is 13.8. The third-order valence-corrected chi connectivity index (χ3v) is 5.01. The van der Waals surface area contributed by atoms with Gasteiger partial charge in [-0.1, -0.05) is 35.9 Å². The average Bonchev–Trinajstić information content (AvgIpc) is 2.92. The van der Waals surface area contributed by atoms with Crippen LogP contribution in [0.5, 0.6) is 5.75 Å². The summed E-state index contributed by atoms with van der Waals surface area (Å²) in [6.07, 6.45) is 1.93. The lowest BCUT2D eigenvalue weighted by molar-refractivity contribution is -0.129. The van der Waals surface area contributed by atoms with Gasteiger partial charge in [0.15, 0.2) is 0 Å². The molecule has 0 aliphatic carbocycles. The number of hydrogen-bond acceptors (Lipinski definition) is 3. The summed E-state index contributed by atoms with van der Waals surface area (Å²) in [6.45, 7) is 2.44. The first-order valence-electron chi connectivity index (χ1n) is 8.79. The minimum atomic E-state index is -0.299. The fraction of sp³-hybridized carbons (Fsp3) is 0.381. The highest BCUT2D eigenvalue weighted by molar-refractivity contribution is 6.30. The maximum Gasteiger partial charge on any atom is 0.226 e. The molecule has 1 aliphatic rings. The van der Waals surface area contributed by atoms with E-state index >= 15 is 0 Å². The first-order valence-corrected chi connectivity index (χ1v) is 9.16. The van der Waals surface area contributed by atoms with Gasteiger partial charge in [-0.3, -0.25) is 4.79 Å². The lowest BCUT2D eigenvalue weighted by atomic mass is 9.91. The number of amides is 1. The Kier molecular flexibility index (Phi) is 5.54. The second kappa shape index (κ2) is 7.68. The van der Waals surface area contributed by atoms with E-state index in [9.17, 15) is 4.79 Å². The van der Waals surface area contributed by atoms with Crippen molar-refractivity contribution in [3.63, 3.8) is 0 Å². The Morgan fingerprint density at radius 1 is 1.23 bits per heavy atom. The molecule has 4 nitrogen and oxygen atoms in total. The predicted molar refractivity (Wildman–Crippen MR) is 103 cm³/mol. The molecule has 0 bridgehead atoms. The Labute approximate surface area is 159 Å². The molecule has 138 valence electrons. The third kappa shape index (κ3) is 4.37. The third-order valence-electron chi connectivity index (χ3n) is 4.75. The number of carbonyl (C=O) groups is 1. The topological polar surface area (TPSA) is 49.8 Å². The molecule has 0 aromatic heterocycles. The van der Waals surface area contributed by atoms with Gasteiger partial charge in [-0.25, -0.2) is 0 Å². The number of halogens is 1. The molecule has 2 aromatic carbocycles. The number of nitrogens with zero attached hydrogens (tertiary/aromatic N) is 1. The van der Waals surface area contributed by atoms with Gasteiger partial charge in [0.2, 0.25) is 5.91 Å². The number of carbonyl (C=O) groups excluding carboxylic acids is 1. The molecule has 3 rings (SSSR count). The number of rotatable bonds is 6. The van der Waals surface area contributed by atoms with E-state index in [1.54, 1.807) is 11.9 Å². The van der Waals surface area contributed by atoms with E-state index in [0.717, 1.165) is 34.7 Å². The highest BCUT2D eigenvalue weighted by Gasteiger charge is 2.35. The minimum Gasteiger partial charge on any atom is -0.487 e. The van der Waals surface area contributed by atoms with E-state index < -0.39 is 0 Å². The molecule has 0 radical (unpaired) electrons. The van der Waals surface area contributed by atoms with Crippen LogP contribution >= 0.6 is 11.6 Å². The molecule has 0 fully saturated rings. The van der Waals surface area contributed by atoms with E-state index in [4.69, 9.17) is 21.4 Å². The first kappa shape index (κ1) is 18.7. The van der Waals surface area contributed by atoms with Crippen LogP contribution in [0.3, 0.4) is 0 Å². The van der Waals surface area contributed by atoms with E-state index in [1.807, 2.05) is 36.4 Å². The van der Waals surface area contributed by atoms with Gasteiger partial charge in [0.1, 0.15) is 11.4 Å². The normalized spacial score (nSPS) is 18.3. The van der Waals surface area contributed by atoms with E-state index in [0.29, 0.717) is 13.0 Å². The summed E-state index contributed by atoms with van der Waals surface area (Å²) in [5.41, 5.74) is 2.99. The molecular formula is C21H24ClNO3. The minimum absolute atomic E-state index is 0.00170. The second-order valence-electron chi connectivity index (χ2n) is 7.19. The molecule has 0 unspecified atom stereocenters. The van der Waals surface area contributed by atoms with Gasteiger partial charge in [-0.15, -0.1) is 0 Å². The molecule has 1 aliphatic heterocycles. The zero-order chi connectivity index (χ0) is 18.7. The molecule has 1 amide bonds. The van der Waals surface area contributed by atoms with Crippen molar-refractivity contribution < 1.29 is 14.6 Å². The highest BCUT2D eigenvalue weighted by atomic mass is 35.5. The molecule has 1 N–H and O–H groups in total. The van der Waals surface area contributed by atoms with Crippen LogP contribution in [0.15, 0.2) is 42.5 Å². The fourth-order valence-corrected chi connectivity index (χ4v) is 3.53. The van der Waals surface area contributed by atoms with E-state index in [-0.39, 0.29) is 18.1 Å². The number of aliphatic hydroxyl groups is 1. The summed E-state index contributed by atoms with van der Waals surface area (Å²) < 4.78 is 6.21. The van der Waals surface area contributed by atoms with Crippen LogP contribution < -0.4 is 4.74 Å². The molecule has 5 heteroatoms. The van der Waals surface area contributed by atoms with Crippen LogP contribution in [-0.4, -0.2) is 41.7 Å². The second-order valence-corrected chi connectivity index (χ2v) is 7.63. The van der Waals surface area contributed by atoms with Crippen molar-refractivity contribution in [1.82, 2.24) is 4.90 Å². The van der Waals surface area contributed by atoms with E-state index in [1.165, 1.54) is 5.56 Å². The molecule has 1 atom stereocenters. The molecule has 2 aromatic rings. The first-order chi connectivity index (χ1) is 12.4. The Balaban J connectivity index is 1.68. The number of fused-ring (bicyclic) bond motifs is 1. The van der Waals surface area contributed by atoms with E-state index in [2.05, 4.69) is 13.0 Å². The molecule has 0 saturated heterocycles. The van der Waals surface area contributed by atoms with Crippen LogP contribution in [0.4, 0.5) is 0 Å². The SMILES string of the molecule is CN(CCO)C(=O)Cc1ccc2c(c1)C[C@](C)(Cc1ccc(Cl)cc1)O2. The molecule has 26 heavy (non-hydrogen) atoms. The summed E-state index contributed by atoms with van der Waals surface area (Å²) in [4.78, 5) is 13.7. The summed E-state index contributed by atoms with van der Waals surface area (Å²) in [7, 11) is 1.71. The van der Waals surface area contributed by atoms with Crippen LogP contribution in [-0.2, 0) is 24.1 Å². The van der Waals surface area contributed by atoms with Crippen molar-refractivity contribution in [1.29, 1.82) is 0 Å². The van der Waals surface area contributed by atoms with Gasteiger partial charge >= 0.3 is 0 Å². The Hall–Kier alpha value is -2.04. The van der Waals surface area contributed by atoms with Crippen molar-refractivity contribution in [2.24, 2.45) is 0 Å². The van der Waals surface area contributed by atoms with Crippen molar-refractivity contribution >= 4 is 17.5 Å². The van der Waals surface area contributed by atoms with Gasteiger partial charge in [-0.05, 0) is 41.8 Å². The number of likely N-dealkylation sites (N-methyl/N-ethyl adjacent to an activating group) is 1. The molecular weight excluding hydrogens is 350 g/mol. The zero-order valence-corrected chi connectivity index (χ0v) is 15.9. The van der Waals surface area contributed by atoms with Crippen LogP contribution in [0.1, 0.15) is 23.6 Å². The highest BCUT2D eigenvalue weighted by Crippen LogP contribution is 2.37. The molecule has 1 heterocycles. The van der Waals surface area contributed by atoms with Gasteiger partial charge in [-0.2, -0.15) is 0 Å². The maximum atomic E-state index is 12.2. The molecule has 0 spiro atoms. The Morgan fingerprint density at radius 2 is 1.92 bits per heavy atom. The van der Waals surface area contributed by atoms with Crippen molar-refractivity contribution in [2.75, 3.05) is 20.2 Å². The van der Waals surface area contributed by atoms with Crippen LogP contribution in [0.25, 0.3) is 0 Å². The Morgan fingerprint density at radius 3 is 2.62 bits per heavy atom. The maximum absolute atomic E-state index is 12.2. The smallest absolute Gasteiger partial charge is 0.226 e. The van der Waals surface area contributed by atoms with Gasteiger partial charge in [0, 0.05) is 31.5 Å². The van der Waals surface area contributed by atoms with Gasteiger partial charge in [0.25, 0.3) is 0 Å². The summed E-state index contributed by atoms with van der Waals surface area (Å²) in [5.74, 6) is 0.892. The van der Waals surface area contributed by atoms with Gasteiger partial charge < -0.3 is 14.7 Å². The lowest BCUT2D eigenvalue weighted by Crippen LogP contribution is -2.32. The zero-order valence-electron chi connectivity index (χ0n) is 15.2. The molecule has 0 saturated carbocycles.